The van der Waals surface area contributed by atoms with Crippen LogP contribution in [0.1, 0.15) is 29.7 Å². The summed E-state index contributed by atoms with van der Waals surface area (Å²) in [5.74, 6) is -1.40. The minimum Gasteiger partial charge on any atom is -0.508 e. The topological polar surface area (TPSA) is 110 Å². The highest BCUT2D eigenvalue weighted by Gasteiger charge is 2.35. The third kappa shape index (κ3) is 4.32. The highest BCUT2D eigenvalue weighted by atomic mass is 16.3. The molecule has 4 N–H and O–H groups in total. The second kappa shape index (κ2) is 8.41. The summed E-state index contributed by atoms with van der Waals surface area (Å²) in [4.78, 5) is 26.3. The average molecular weight is 384 g/mol. The van der Waals surface area contributed by atoms with Crippen molar-refractivity contribution in [2.24, 2.45) is 0 Å². The number of carbonyl (C=O) groups is 2. The number of aliphatic hydroxyl groups excluding tert-OH is 2. The van der Waals surface area contributed by atoms with Gasteiger partial charge in [0, 0.05) is 13.1 Å². The molecular formula is C21H24N2O5. The number of amides is 2. The van der Waals surface area contributed by atoms with Crippen molar-refractivity contribution < 1.29 is 24.9 Å². The number of aromatic hydroxyl groups is 1. The van der Waals surface area contributed by atoms with Crippen molar-refractivity contribution in [1.82, 2.24) is 10.2 Å². The van der Waals surface area contributed by atoms with Gasteiger partial charge in [0.05, 0.1) is 6.04 Å². The predicted octanol–water partition coefficient (Wildman–Crippen LogP) is 0.876. The van der Waals surface area contributed by atoms with Crippen molar-refractivity contribution in [2.45, 2.75) is 38.1 Å². The first-order chi connectivity index (χ1) is 13.4. The molecule has 7 heteroatoms. The van der Waals surface area contributed by atoms with Crippen LogP contribution in [0.25, 0.3) is 0 Å². The van der Waals surface area contributed by atoms with Gasteiger partial charge in [-0.15, -0.1) is 0 Å². The molecule has 0 spiro atoms. The lowest BCUT2D eigenvalue weighted by Gasteiger charge is -2.31. The van der Waals surface area contributed by atoms with E-state index in [0.717, 1.165) is 11.1 Å². The molecule has 148 valence electrons. The smallest absolute Gasteiger partial charge is 0.255 e. The number of benzene rings is 2. The van der Waals surface area contributed by atoms with Crippen LogP contribution in [0.15, 0.2) is 48.5 Å². The lowest BCUT2D eigenvalue weighted by molar-refractivity contribution is -0.154. The molecule has 2 aromatic rings. The van der Waals surface area contributed by atoms with Crippen LogP contribution in [-0.2, 0) is 22.6 Å². The van der Waals surface area contributed by atoms with Gasteiger partial charge < -0.3 is 25.5 Å². The van der Waals surface area contributed by atoms with Crippen LogP contribution in [0.2, 0.25) is 0 Å². The highest BCUT2D eigenvalue weighted by molar-refractivity contribution is 5.91. The average Bonchev–Trinajstić information content (AvgIpc) is 2.72. The minimum atomic E-state index is -1.87. The number of phenols is 1. The van der Waals surface area contributed by atoms with Crippen molar-refractivity contribution in [1.29, 1.82) is 0 Å². The number of carbonyl (C=O) groups excluding carboxylic acids is 2. The summed E-state index contributed by atoms with van der Waals surface area (Å²) in [6, 6.07) is 13.5. The van der Waals surface area contributed by atoms with Crippen LogP contribution < -0.4 is 5.32 Å². The van der Waals surface area contributed by atoms with E-state index in [-0.39, 0.29) is 5.75 Å². The zero-order chi connectivity index (χ0) is 20.3. The first kappa shape index (κ1) is 19.9. The largest absolute Gasteiger partial charge is 0.508 e. The van der Waals surface area contributed by atoms with Crippen molar-refractivity contribution in [3.8, 4) is 5.75 Å². The standard InChI is InChI=1S/C21H24N2O5/c1-13(14-6-8-17(24)9-7-14)22-20(27)18(25)19(26)21(28)23-11-10-15-4-2-3-5-16(15)12-23/h2-9,13,18-19,24-26H,10-12H2,1H3,(H,22,27)/t13?,18-,19-/m1/s1. The number of fused-ring (bicyclic) bond motifs is 1. The second-order valence-corrected chi connectivity index (χ2v) is 6.99. The SMILES string of the molecule is CC(NC(=O)[C@H](O)[C@@H](O)C(=O)N1CCc2ccccc2C1)c1ccc(O)cc1. The van der Waals surface area contributed by atoms with Gasteiger partial charge in [0.1, 0.15) is 5.75 Å². The van der Waals surface area contributed by atoms with E-state index >= 15 is 0 Å². The van der Waals surface area contributed by atoms with Gasteiger partial charge in [0.2, 0.25) is 0 Å². The normalized spacial score (nSPS) is 16.6. The quantitative estimate of drug-likeness (QED) is 0.612. The summed E-state index contributed by atoms with van der Waals surface area (Å²) in [6.45, 7) is 2.46. The summed E-state index contributed by atoms with van der Waals surface area (Å²) in [6.07, 6.45) is -3.05. The molecule has 1 aliphatic heterocycles. The lowest BCUT2D eigenvalue weighted by atomic mass is 9.99. The maximum Gasteiger partial charge on any atom is 0.255 e. The Morgan fingerprint density at radius 3 is 2.32 bits per heavy atom. The maximum absolute atomic E-state index is 12.6. The van der Waals surface area contributed by atoms with E-state index in [4.69, 9.17) is 0 Å². The molecule has 1 unspecified atom stereocenters. The zero-order valence-corrected chi connectivity index (χ0v) is 15.6. The third-order valence-electron chi connectivity index (χ3n) is 5.01. The van der Waals surface area contributed by atoms with Crippen molar-refractivity contribution in [2.75, 3.05) is 6.54 Å². The Bertz CT molecular complexity index is 852. The van der Waals surface area contributed by atoms with Crippen molar-refractivity contribution in [3.63, 3.8) is 0 Å². The lowest BCUT2D eigenvalue weighted by Crippen LogP contribution is -2.51. The molecule has 1 heterocycles. The maximum atomic E-state index is 12.6. The Hall–Kier alpha value is -2.90. The fourth-order valence-corrected chi connectivity index (χ4v) is 3.29. The van der Waals surface area contributed by atoms with Gasteiger partial charge in [-0.2, -0.15) is 0 Å². The number of hydrogen-bond donors (Lipinski definition) is 4. The molecule has 1 aliphatic rings. The molecular weight excluding hydrogens is 360 g/mol. The zero-order valence-electron chi connectivity index (χ0n) is 15.6. The fraction of sp³-hybridized carbons (Fsp3) is 0.333. The van der Waals surface area contributed by atoms with Crippen molar-refractivity contribution in [3.05, 3.63) is 65.2 Å². The Kier molecular flexibility index (Phi) is 5.96. The molecule has 2 amide bonds. The van der Waals surface area contributed by atoms with E-state index in [1.807, 2.05) is 24.3 Å². The van der Waals surface area contributed by atoms with Gasteiger partial charge in [0.15, 0.2) is 12.2 Å². The molecule has 3 atom stereocenters. The first-order valence-corrected chi connectivity index (χ1v) is 9.18. The Labute approximate surface area is 163 Å². The Morgan fingerprint density at radius 2 is 1.64 bits per heavy atom. The summed E-state index contributed by atoms with van der Waals surface area (Å²) in [7, 11) is 0. The molecule has 0 aliphatic carbocycles. The predicted molar refractivity (Wildman–Crippen MR) is 102 cm³/mol. The molecule has 7 nitrogen and oxygen atoms in total. The number of phenolic OH excluding ortho intramolecular Hbond substituents is 1. The number of aliphatic hydroxyl groups is 2. The minimum absolute atomic E-state index is 0.103. The van der Waals surface area contributed by atoms with Gasteiger partial charge >= 0.3 is 0 Å². The number of rotatable bonds is 5. The van der Waals surface area contributed by atoms with Crippen LogP contribution in [-0.4, -0.2) is 50.8 Å². The van der Waals surface area contributed by atoms with Crippen LogP contribution in [0.5, 0.6) is 5.75 Å². The van der Waals surface area contributed by atoms with Crippen LogP contribution in [0, 0.1) is 0 Å². The van der Waals surface area contributed by atoms with Gasteiger partial charge in [0.25, 0.3) is 11.8 Å². The summed E-state index contributed by atoms with van der Waals surface area (Å²) in [5, 5.41) is 32.3. The molecule has 2 aromatic carbocycles. The van der Waals surface area contributed by atoms with E-state index in [1.165, 1.54) is 17.0 Å². The Balaban J connectivity index is 1.60. The Morgan fingerprint density at radius 1 is 1.00 bits per heavy atom. The molecule has 0 fully saturated rings. The molecule has 0 aromatic heterocycles. The first-order valence-electron chi connectivity index (χ1n) is 9.18. The van der Waals surface area contributed by atoms with Crippen molar-refractivity contribution >= 4 is 11.8 Å². The summed E-state index contributed by atoms with van der Waals surface area (Å²) < 4.78 is 0. The highest BCUT2D eigenvalue weighted by Crippen LogP contribution is 2.20. The molecule has 0 saturated carbocycles. The van der Waals surface area contributed by atoms with E-state index in [0.29, 0.717) is 25.1 Å². The summed E-state index contributed by atoms with van der Waals surface area (Å²) >= 11 is 0. The molecule has 0 radical (unpaired) electrons. The van der Waals surface area contributed by atoms with Gasteiger partial charge in [-0.3, -0.25) is 9.59 Å². The fourth-order valence-electron chi connectivity index (χ4n) is 3.29. The molecule has 0 saturated heterocycles. The van der Waals surface area contributed by atoms with E-state index < -0.39 is 30.1 Å². The van der Waals surface area contributed by atoms with Crippen LogP contribution in [0.3, 0.4) is 0 Å². The van der Waals surface area contributed by atoms with Crippen LogP contribution in [0.4, 0.5) is 0 Å². The van der Waals surface area contributed by atoms with E-state index in [2.05, 4.69) is 5.32 Å². The number of nitrogens with zero attached hydrogens (tertiary/aromatic N) is 1. The van der Waals surface area contributed by atoms with E-state index in [9.17, 15) is 24.9 Å². The monoisotopic (exact) mass is 384 g/mol. The second-order valence-electron chi connectivity index (χ2n) is 6.99. The molecule has 3 rings (SSSR count). The van der Waals surface area contributed by atoms with Gasteiger partial charge in [-0.25, -0.2) is 0 Å². The van der Waals surface area contributed by atoms with E-state index in [1.54, 1.807) is 19.1 Å². The molecule has 0 bridgehead atoms. The number of hydrogen-bond acceptors (Lipinski definition) is 5. The van der Waals surface area contributed by atoms with Gasteiger partial charge in [-0.1, -0.05) is 36.4 Å². The number of nitrogens with one attached hydrogen (secondary N) is 1. The van der Waals surface area contributed by atoms with Gasteiger partial charge in [-0.05, 0) is 42.2 Å². The molecule has 28 heavy (non-hydrogen) atoms. The third-order valence-corrected chi connectivity index (χ3v) is 5.01. The van der Waals surface area contributed by atoms with Crippen LogP contribution >= 0.6 is 0 Å². The summed E-state index contributed by atoms with van der Waals surface area (Å²) in [5.41, 5.74) is 2.86.